The average molecular weight is 346 g/mol. The molecule has 0 aliphatic rings. The van der Waals surface area contributed by atoms with Gasteiger partial charge in [-0.05, 0) is 12.1 Å². The fourth-order valence-electron chi connectivity index (χ4n) is 1.59. The highest BCUT2D eigenvalue weighted by atomic mass is 35.5. The zero-order chi connectivity index (χ0) is 16.3. The van der Waals surface area contributed by atoms with Crippen LogP contribution in [-0.4, -0.2) is 37.7 Å². The molecule has 0 aliphatic carbocycles. The monoisotopic (exact) mass is 345 g/mol. The number of nitrogens with zero attached hydrogens (tertiary/aromatic N) is 2. The summed E-state index contributed by atoms with van der Waals surface area (Å²) >= 11 is 5.83. The highest BCUT2D eigenvalue weighted by Gasteiger charge is 2.24. The Labute approximate surface area is 131 Å². The maximum atomic E-state index is 12.3. The summed E-state index contributed by atoms with van der Waals surface area (Å²) in [5.41, 5.74) is 0. The topological polar surface area (TPSA) is 111 Å². The Morgan fingerprint density at radius 3 is 2.27 bits per heavy atom. The molecule has 0 amide bonds. The van der Waals surface area contributed by atoms with E-state index in [9.17, 15) is 13.5 Å². The maximum absolute atomic E-state index is 12.3. The SMILES string of the molecule is COc1cc(OC)nc(NS(=O)(=O)c2c(O)cccc2Cl)n1. The molecule has 1 aromatic heterocycles. The molecule has 0 spiro atoms. The Bertz CT molecular complexity index is 755. The van der Waals surface area contributed by atoms with Crippen LogP contribution in [0.5, 0.6) is 17.5 Å². The molecule has 0 atom stereocenters. The number of nitrogens with one attached hydrogen (secondary N) is 1. The minimum Gasteiger partial charge on any atom is -0.506 e. The standard InChI is InChI=1S/C12H12ClN3O5S/c1-20-9-6-10(21-2)15-12(14-9)16-22(18,19)11-7(13)4-3-5-8(11)17/h3-6,17H,1-2H3,(H,14,15,16). The number of phenols is 1. The third-order valence-corrected chi connectivity index (χ3v) is 4.38. The molecule has 0 aliphatic heterocycles. The summed E-state index contributed by atoms with van der Waals surface area (Å²) in [6.07, 6.45) is 0. The molecule has 1 heterocycles. The van der Waals surface area contributed by atoms with Crippen molar-refractivity contribution in [3.8, 4) is 17.5 Å². The predicted molar refractivity (Wildman–Crippen MR) is 79.1 cm³/mol. The van der Waals surface area contributed by atoms with Crippen molar-refractivity contribution in [2.75, 3.05) is 18.9 Å². The molecule has 0 unspecified atom stereocenters. The molecule has 2 rings (SSSR count). The van der Waals surface area contributed by atoms with Crippen LogP contribution < -0.4 is 14.2 Å². The van der Waals surface area contributed by atoms with Crippen molar-refractivity contribution < 1.29 is 23.0 Å². The molecule has 8 nitrogen and oxygen atoms in total. The lowest BCUT2D eigenvalue weighted by Crippen LogP contribution is -2.16. The number of rotatable bonds is 5. The van der Waals surface area contributed by atoms with Crippen molar-refractivity contribution in [2.24, 2.45) is 0 Å². The van der Waals surface area contributed by atoms with E-state index in [4.69, 9.17) is 21.1 Å². The molecule has 10 heteroatoms. The largest absolute Gasteiger partial charge is 0.506 e. The minimum atomic E-state index is -4.19. The van der Waals surface area contributed by atoms with E-state index in [0.717, 1.165) is 0 Å². The van der Waals surface area contributed by atoms with Gasteiger partial charge in [-0.1, -0.05) is 17.7 Å². The second-order valence-corrected chi connectivity index (χ2v) is 6.00. The first-order chi connectivity index (χ1) is 10.4. The number of benzene rings is 1. The lowest BCUT2D eigenvalue weighted by Gasteiger charge is -2.11. The van der Waals surface area contributed by atoms with E-state index in [1.807, 2.05) is 0 Å². The zero-order valence-electron chi connectivity index (χ0n) is 11.6. The number of methoxy groups -OCH3 is 2. The first-order valence-corrected chi connectivity index (χ1v) is 7.71. The third-order valence-electron chi connectivity index (χ3n) is 2.54. The Morgan fingerprint density at radius 1 is 1.18 bits per heavy atom. The summed E-state index contributed by atoms with van der Waals surface area (Å²) in [5, 5.41) is 9.58. The van der Waals surface area contributed by atoms with Gasteiger partial charge in [0.15, 0.2) is 0 Å². The lowest BCUT2D eigenvalue weighted by atomic mass is 10.3. The van der Waals surface area contributed by atoms with Gasteiger partial charge in [-0.2, -0.15) is 9.97 Å². The molecule has 0 radical (unpaired) electrons. The first-order valence-electron chi connectivity index (χ1n) is 5.84. The van der Waals surface area contributed by atoms with Crippen LogP contribution in [0.2, 0.25) is 5.02 Å². The maximum Gasteiger partial charge on any atom is 0.269 e. The van der Waals surface area contributed by atoms with Crippen LogP contribution in [-0.2, 0) is 10.0 Å². The van der Waals surface area contributed by atoms with Crippen molar-refractivity contribution in [3.05, 3.63) is 29.3 Å². The van der Waals surface area contributed by atoms with Crippen molar-refractivity contribution in [3.63, 3.8) is 0 Å². The second-order valence-electron chi connectivity index (χ2n) is 3.97. The third kappa shape index (κ3) is 3.31. The molecule has 1 aromatic carbocycles. The second kappa shape index (κ2) is 6.24. The van der Waals surface area contributed by atoms with Crippen LogP contribution in [0.25, 0.3) is 0 Å². The van der Waals surface area contributed by atoms with Crippen LogP contribution in [0.3, 0.4) is 0 Å². The van der Waals surface area contributed by atoms with Crippen LogP contribution in [0.4, 0.5) is 5.95 Å². The Kier molecular flexibility index (Phi) is 4.57. The summed E-state index contributed by atoms with van der Waals surface area (Å²) in [6.45, 7) is 0. The van der Waals surface area contributed by atoms with E-state index >= 15 is 0 Å². The van der Waals surface area contributed by atoms with Crippen LogP contribution in [0, 0.1) is 0 Å². The summed E-state index contributed by atoms with van der Waals surface area (Å²) < 4.78 is 36.6. The number of aromatic hydroxyl groups is 1. The number of hydrogen-bond acceptors (Lipinski definition) is 7. The fraction of sp³-hybridized carbons (Fsp3) is 0.167. The van der Waals surface area contributed by atoms with Gasteiger partial charge in [0.2, 0.25) is 17.7 Å². The van der Waals surface area contributed by atoms with Crippen LogP contribution in [0.1, 0.15) is 0 Å². The van der Waals surface area contributed by atoms with Crippen molar-refractivity contribution in [1.29, 1.82) is 0 Å². The van der Waals surface area contributed by atoms with Gasteiger partial charge in [0.05, 0.1) is 25.3 Å². The van der Waals surface area contributed by atoms with Gasteiger partial charge in [0.25, 0.3) is 10.0 Å². The van der Waals surface area contributed by atoms with Crippen LogP contribution in [0.15, 0.2) is 29.2 Å². The number of hydrogen-bond donors (Lipinski definition) is 2. The van der Waals surface area contributed by atoms with Crippen molar-refractivity contribution in [1.82, 2.24) is 9.97 Å². The highest BCUT2D eigenvalue weighted by molar-refractivity contribution is 7.93. The molecule has 0 bridgehead atoms. The smallest absolute Gasteiger partial charge is 0.269 e. The van der Waals surface area contributed by atoms with Crippen molar-refractivity contribution >= 4 is 27.6 Å². The van der Waals surface area contributed by atoms with E-state index in [-0.39, 0.29) is 22.7 Å². The van der Waals surface area contributed by atoms with Gasteiger partial charge >= 0.3 is 0 Å². The van der Waals surface area contributed by atoms with Gasteiger partial charge in [0.1, 0.15) is 10.6 Å². The van der Waals surface area contributed by atoms with E-state index in [0.29, 0.717) is 0 Å². The van der Waals surface area contributed by atoms with Gasteiger partial charge in [-0.3, -0.25) is 0 Å². The Balaban J connectivity index is 2.45. The van der Waals surface area contributed by atoms with Crippen LogP contribution >= 0.6 is 11.6 Å². The molecular weight excluding hydrogens is 334 g/mol. The first kappa shape index (κ1) is 16.1. The summed E-state index contributed by atoms with van der Waals surface area (Å²) in [6, 6.07) is 5.34. The molecule has 2 N–H and O–H groups in total. The average Bonchev–Trinajstić information content (AvgIpc) is 2.45. The molecule has 22 heavy (non-hydrogen) atoms. The number of sulfonamides is 1. The van der Waals surface area contributed by atoms with E-state index in [1.54, 1.807) is 0 Å². The van der Waals surface area contributed by atoms with E-state index < -0.39 is 20.7 Å². The number of halogens is 1. The van der Waals surface area contributed by atoms with Crippen molar-refractivity contribution in [2.45, 2.75) is 4.90 Å². The van der Waals surface area contributed by atoms with Gasteiger partial charge in [-0.15, -0.1) is 0 Å². The molecule has 0 fully saturated rings. The summed E-state index contributed by atoms with van der Waals surface area (Å²) in [7, 11) is -1.47. The van der Waals surface area contributed by atoms with Gasteiger partial charge < -0.3 is 14.6 Å². The quantitative estimate of drug-likeness (QED) is 0.847. The van der Waals surface area contributed by atoms with Gasteiger partial charge in [0, 0.05) is 0 Å². The Morgan fingerprint density at radius 2 is 1.77 bits per heavy atom. The molecule has 118 valence electrons. The molecule has 0 saturated heterocycles. The molecule has 0 saturated carbocycles. The minimum absolute atomic E-state index is 0.105. The Hall–Kier alpha value is -2.26. The molecular formula is C12H12ClN3O5S. The summed E-state index contributed by atoms with van der Waals surface area (Å²) in [4.78, 5) is 7.21. The zero-order valence-corrected chi connectivity index (χ0v) is 13.1. The van der Waals surface area contributed by atoms with Gasteiger partial charge in [-0.25, -0.2) is 13.1 Å². The predicted octanol–water partition coefficient (Wildman–Crippen LogP) is 1.65. The number of phenolic OH excluding ortho intramolecular Hbond substituents is 1. The number of aromatic nitrogens is 2. The lowest BCUT2D eigenvalue weighted by molar-refractivity contribution is 0.373. The fourth-order valence-corrected chi connectivity index (χ4v) is 3.17. The highest BCUT2D eigenvalue weighted by Crippen LogP contribution is 2.31. The van der Waals surface area contributed by atoms with E-state index in [1.165, 1.54) is 38.5 Å². The normalized spacial score (nSPS) is 11.0. The summed E-state index contributed by atoms with van der Waals surface area (Å²) in [5.74, 6) is -0.564. The number of anilines is 1. The van der Waals surface area contributed by atoms with E-state index in [2.05, 4.69) is 14.7 Å². The molecule has 2 aromatic rings. The number of ether oxygens (including phenoxy) is 2.